The van der Waals surface area contributed by atoms with Crippen LogP contribution in [0, 0.1) is 28.6 Å². The Labute approximate surface area is 200 Å². The van der Waals surface area contributed by atoms with Gasteiger partial charge in [0.15, 0.2) is 12.4 Å². The number of rotatable bonds is 4. The first kappa shape index (κ1) is 23.0. The van der Waals surface area contributed by atoms with Gasteiger partial charge in [0.05, 0.1) is 5.56 Å². The van der Waals surface area contributed by atoms with E-state index in [-0.39, 0.29) is 29.0 Å². The van der Waals surface area contributed by atoms with Crippen molar-refractivity contribution in [1.82, 2.24) is 0 Å². The van der Waals surface area contributed by atoms with E-state index in [1.54, 1.807) is 36.4 Å². The Bertz CT molecular complexity index is 1140. The molecule has 5 rings (SSSR count). The lowest BCUT2D eigenvalue weighted by Gasteiger charge is -2.53. The topological polar surface area (TPSA) is 80.7 Å². The SMILES string of the molecule is C[C@@H]1C[C@@H]2[C@@H]3CCC4=CC(=O)C=C[C@]4(C)C3=CC[C@]2(C)[C@@]1(O)C(=O)COC(=O)c1ccccc1. The molecule has 0 aliphatic heterocycles. The van der Waals surface area contributed by atoms with Crippen LogP contribution in [0.2, 0.25) is 0 Å². The standard InChI is InChI=1S/C29H32O5/c1-18-15-24-22-10-9-20-16-21(30)11-13-27(20,2)23(22)12-14-28(24,3)29(18,33)25(31)17-34-26(32)19-7-5-4-6-8-19/h4-8,11-13,16,18,22,24,33H,9-10,14-15,17H2,1-3H3/t18-,22-,24-,27+,28+,29+/m1/s1. The minimum absolute atomic E-state index is 0.0479. The number of hydrogen-bond acceptors (Lipinski definition) is 5. The number of benzene rings is 1. The maximum atomic E-state index is 13.5. The van der Waals surface area contributed by atoms with Crippen molar-refractivity contribution in [3.8, 4) is 0 Å². The van der Waals surface area contributed by atoms with E-state index in [9.17, 15) is 19.5 Å². The molecule has 2 saturated carbocycles. The number of allylic oxidation sites excluding steroid dienone is 6. The third kappa shape index (κ3) is 3.13. The predicted octanol–water partition coefficient (Wildman–Crippen LogP) is 4.62. The number of esters is 1. The lowest BCUT2D eigenvalue weighted by atomic mass is 9.51. The Morgan fingerprint density at radius 1 is 1.18 bits per heavy atom. The minimum atomic E-state index is -1.56. The van der Waals surface area contributed by atoms with Gasteiger partial charge in [0.1, 0.15) is 5.60 Å². The largest absolute Gasteiger partial charge is 0.454 e. The van der Waals surface area contributed by atoms with Crippen LogP contribution in [-0.4, -0.2) is 34.9 Å². The smallest absolute Gasteiger partial charge is 0.338 e. The summed E-state index contributed by atoms with van der Waals surface area (Å²) in [7, 11) is 0. The number of carbonyl (C=O) groups is 3. The number of aliphatic hydroxyl groups is 1. The van der Waals surface area contributed by atoms with Gasteiger partial charge < -0.3 is 9.84 Å². The van der Waals surface area contributed by atoms with Crippen LogP contribution in [0.4, 0.5) is 0 Å². The summed E-state index contributed by atoms with van der Waals surface area (Å²) >= 11 is 0. The zero-order chi connectivity index (χ0) is 24.3. The van der Waals surface area contributed by atoms with Gasteiger partial charge in [-0.25, -0.2) is 4.79 Å². The molecule has 0 aromatic heterocycles. The summed E-state index contributed by atoms with van der Waals surface area (Å²) in [6, 6.07) is 8.58. The van der Waals surface area contributed by atoms with E-state index in [0.717, 1.165) is 24.8 Å². The van der Waals surface area contributed by atoms with Crippen molar-refractivity contribution in [3.05, 3.63) is 71.3 Å². The van der Waals surface area contributed by atoms with E-state index in [1.165, 1.54) is 5.57 Å². The third-order valence-corrected chi connectivity index (χ3v) is 9.30. The third-order valence-electron chi connectivity index (χ3n) is 9.30. The number of ketones is 2. The van der Waals surface area contributed by atoms with Crippen LogP contribution in [0.1, 0.15) is 56.8 Å². The summed E-state index contributed by atoms with van der Waals surface area (Å²) in [5.41, 5.74) is 0.396. The van der Waals surface area contributed by atoms with Crippen molar-refractivity contribution < 1.29 is 24.2 Å². The molecule has 34 heavy (non-hydrogen) atoms. The summed E-state index contributed by atoms with van der Waals surface area (Å²) in [4.78, 5) is 37.8. The van der Waals surface area contributed by atoms with Crippen LogP contribution < -0.4 is 0 Å². The molecule has 0 saturated heterocycles. The summed E-state index contributed by atoms with van der Waals surface area (Å²) in [5, 5.41) is 11.9. The average molecular weight is 461 g/mol. The van der Waals surface area contributed by atoms with Crippen molar-refractivity contribution in [2.75, 3.05) is 6.61 Å². The van der Waals surface area contributed by atoms with Crippen molar-refractivity contribution in [3.63, 3.8) is 0 Å². The number of fused-ring (bicyclic) bond motifs is 5. The summed E-state index contributed by atoms with van der Waals surface area (Å²) in [6.45, 7) is 5.71. The van der Waals surface area contributed by atoms with Gasteiger partial charge in [-0.2, -0.15) is 0 Å². The van der Waals surface area contributed by atoms with Crippen LogP contribution in [0.15, 0.2) is 65.8 Å². The van der Waals surface area contributed by atoms with Gasteiger partial charge in [0.25, 0.3) is 0 Å². The highest BCUT2D eigenvalue weighted by atomic mass is 16.5. The van der Waals surface area contributed by atoms with Crippen LogP contribution in [0.25, 0.3) is 0 Å². The van der Waals surface area contributed by atoms with Crippen LogP contribution >= 0.6 is 0 Å². The molecule has 0 amide bonds. The maximum Gasteiger partial charge on any atom is 0.338 e. The molecule has 1 N–H and O–H groups in total. The van der Waals surface area contributed by atoms with Crippen LogP contribution in [0.5, 0.6) is 0 Å². The molecule has 0 radical (unpaired) electrons. The summed E-state index contributed by atoms with van der Waals surface area (Å²) < 4.78 is 5.33. The van der Waals surface area contributed by atoms with Gasteiger partial charge in [-0.3, -0.25) is 9.59 Å². The Hall–Kier alpha value is -2.79. The number of hydrogen-bond donors (Lipinski definition) is 1. The number of Topliss-reactive ketones (excluding diaryl/α,β-unsaturated/α-hetero) is 1. The Kier molecular flexibility index (Phi) is 5.32. The highest BCUT2D eigenvalue weighted by Crippen LogP contribution is 2.66. The molecule has 1 aromatic carbocycles. The molecule has 2 fully saturated rings. The number of ether oxygens (including phenoxy) is 1. The Morgan fingerprint density at radius 3 is 2.65 bits per heavy atom. The second-order valence-corrected chi connectivity index (χ2v) is 10.9. The van der Waals surface area contributed by atoms with Crippen LogP contribution in [-0.2, 0) is 14.3 Å². The molecule has 5 nitrogen and oxygen atoms in total. The Balaban J connectivity index is 1.41. The molecule has 0 unspecified atom stereocenters. The molecular weight excluding hydrogens is 428 g/mol. The summed E-state index contributed by atoms with van der Waals surface area (Å²) in [6.07, 6.45) is 10.8. The fourth-order valence-electron chi connectivity index (χ4n) is 7.36. The lowest BCUT2D eigenvalue weighted by Crippen LogP contribution is -2.57. The highest BCUT2D eigenvalue weighted by molar-refractivity contribution is 6.01. The average Bonchev–Trinajstić information content (AvgIpc) is 3.05. The van der Waals surface area contributed by atoms with Gasteiger partial charge in [0.2, 0.25) is 5.78 Å². The van der Waals surface area contributed by atoms with Gasteiger partial charge in [-0.1, -0.05) is 55.3 Å². The molecule has 0 heterocycles. The van der Waals surface area contributed by atoms with Crippen molar-refractivity contribution in [2.45, 2.75) is 52.1 Å². The molecule has 5 heteroatoms. The first-order valence-corrected chi connectivity index (χ1v) is 12.2. The predicted molar refractivity (Wildman–Crippen MR) is 128 cm³/mol. The first-order valence-electron chi connectivity index (χ1n) is 12.2. The van der Waals surface area contributed by atoms with Gasteiger partial charge in [0, 0.05) is 10.8 Å². The fourth-order valence-corrected chi connectivity index (χ4v) is 7.36. The van der Waals surface area contributed by atoms with Crippen molar-refractivity contribution in [1.29, 1.82) is 0 Å². The Morgan fingerprint density at radius 2 is 1.91 bits per heavy atom. The van der Waals surface area contributed by atoms with Crippen molar-refractivity contribution in [2.24, 2.45) is 28.6 Å². The molecular formula is C29H32O5. The minimum Gasteiger partial charge on any atom is -0.454 e. The molecule has 6 atom stereocenters. The molecule has 178 valence electrons. The van der Waals surface area contributed by atoms with E-state index in [2.05, 4.69) is 13.0 Å². The number of carbonyl (C=O) groups excluding carboxylic acids is 3. The summed E-state index contributed by atoms with van der Waals surface area (Å²) in [5.74, 6) is -0.788. The van der Waals surface area contributed by atoms with E-state index in [1.807, 2.05) is 26.0 Å². The molecule has 4 aliphatic rings. The second-order valence-electron chi connectivity index (χ2n) is 10.9. The van der Waals surface area contributed by atoms with E-state index < -0.39 is 29.4 Å². The van der Waals surface area contributed by atoms with Gasteiger partial charge in [-0.15, -0.1) is 0 Å². The maximum absolute atomic E-state index is 13.5. The lowest BCUT2D eigenvalue weighted by molar-refractivity contribution is -0.161. The zero-order valence-electron chi connectivity index (χ0n) is 20.0. The zero-order valence-corrected chi connectivity index (χ0v) is 20.0. The quantitative estimate of drug-likeness (QED) is 0.524. The van der Waals surface area contributed by atoms with E-state index in [0.29, 0.717) is 12.0 Å². The normalized spacial score (nSPS) is 38.2. The molecule has 0 bridgehead atoms. The van der Waals surface area contributed by atoms with E-state index >= 15 is 0 Å². The molecule has 4 aliphatic carbocycles. The van der Waals surface area contributed by atoms with Gasteiger partial charge in [-0.05, 0) is 74.6 Å². The van der Waals surface area contributed by atoms with Crippen LogP contribution in [0.3, 0.4) is 0 Å². The van der Waals surface area contributed by atoms with E-state index in [4.69, 9.17) is 4.74 Å². The fraction of sp³-hybridized carbons (Fsp3) is 0.483. The molecule has 1 aromatic rings. The first-order chi connectivity index (χ1) is 16.1. The highest BCUT2D eigenvalue weighted by Gasteiger charge is 2.67. The van der Waals surface area contributed by atoms with Gasteiger partial charge >= 0.3 is 5.97 Å². The van der Waals surface area contributed by atoms with Crippen molar-refractivity contribution >= 4 is 17.5 Å². The monoisotopic (exact) mass is 460 g/mol. The second kappa shape index (κ2) is 7.88. The molecule has 0 spiro atoms.